The molecule has 100 valence electrons. The second kappa shape index (κ2) is 6.42. The largest absolute Gasteiger partial charge is 0.399 e. The molecule has 2 nitrogen and oxygen atoms in total. The molecule has 0 unspecified atom stereocenters. The van der Waals surface area contributed by atoms with Crippen molar-refractivity contribution in [2.24, 2.45) is 0 Å². The van der Waals surface area contributed by atoms with Crippen LogP contribution in [-0.4, -0.2) is 5.76 Å². The monoisotopic (exact) mass is 392 g/mol. The molecule has 0 amide bonds. The number of hydrogen-bond donors (Lipinski definition) is 2. The van der Waals surface area contributed by atoms with Crippen molar-refractivity contribution in [1.82, 2.24) is 0 Å². The summed E-state index contributed by atoms with van der Waals surface area (Å²) in [4.78, 5) is 0.519. The van der Waals surface area contributed by atoms with Crippen LogP contribution < -0.4 is 11.1 Å². The van der Waals surface area contributed by atoms with Gasteiger partial charge in [0.1, 0.15) is 0 Å². The predicted octanol–water partition coefficient (Wildman–Crippen LogP) is 4.93. The lowest BCUT2D eigenvalue weighted by Gasteiger charge is -2.13. The molecule has 3 N–H and O–H groups in total. The summed E-state index contributed by atoms with van der Waals surface area (Å²) in [6.45, 7) is 0. The third kappa shape index (κ3) is 3.97. The molecule has 2 rings (SSSR count). The van der Waals surface area contributed by atoms with Gasteiger partial charge < -0.3 is 11.1 Å². The van der Waals surface area contributed by atoms with Crippen LogP contribution in [0.4, 0.5) is 25.8 Å². The number of nitrogens with one attached hydrogen (secondary N) is 1. The van der Waals surface area contributed by atoms with Crippen LogP contribution in [-0.2, 0) is 0 Å². The summed E-state index contributed by atoms with van der Waals surface area (Å²) in [5, 5.41) is 3.16. The van der Waals surface area contributed by atoms with Crippen LogP contribution >= 0.6 is 34.4 Å². The highest BCUT2D eigenvalue weighted by Crippen LogP contribution is 2.34. The van der Waals surface area contributed by atoms with Gasteiger partial charge in [-0.1, -0.05) is 23.9 Å². The van der Waals surface area contributed by atoms with Crippen molar-refractivity contribution in [2.45, 2.75) is 10.7 Å². The lowest BCUT2D eigenvalue weighted by atomic mass is 10.2. The third-order valence-electron chi connectivity index (χ3n) is 2.37. The molecular formula is C13H11F2IN2S. The van der Waals surface area contributed by atoms with E-state index in [0.717, 1.165) is 9.26 Å². The van der Waals surface area contributed by atoms with Gasteiger partial charge in [-0.3, -0.25) is 0 Å². The maximum absolute atomic E-state index is 12.5. The average molecular weight is 392 g/mol. The minimum atomic E-state index is -2.44. The van der Waals surface area contributed by atoms with E-state index in [1.54, 1.807) is 24.3 Å². The second-order valence-electron chi connectivity index (χ2n) is 3.74. The predicted molar refractivity (Wildman–Crippen MR) is 85.2 cm³/mol. The van der Waals surface area contributed by atoms with E-state index in [2.05, 4.69) is 27.9 Å². The van der Waals surface area contributed by atoms with Gasteiger partial charge in [-0.15, -0.1) is 0 Å². The van der Waals surface area contributed by atoms with Gasteiger partial charge in [0, 0.05) is 14.2 Å². The molecule has 0 atom stereocenters. The summed E-state index contributed by atoms with van der Waals surface area (Å²) in [6.07, 6.45) is 0. The summed E-state index contributed by atoms with van der Waals surface area (Å²) in [5.74, 6) is -2.44. The zero-order valence-corrected chi connectivity index (χ0v) is 12.7. The van der Waals surface area contributed by atoms with Crippen LogP contribution in [0, 0.1) is 3.57 Å². The van der Waals surface area contributed by atoms with Gasteiger partial charge in [0.15, 0.2) is 0 Å². The number of nitrogen functional groups attached to an aromatic ring is 1. The lowest BCUT2D eigenvalue weighted by molar-refractivity contribution is 0.252. The van der Waals surface area contributed by atoms with Crippen LogP contribution in [0.15, 0.2) is 47.4 Å². The molecule has 0 heterocycles. The van der Waals surface area contributed by atoms with Crippen LogP contribution in [0.1, 0.15) is 0 Å². The molecule has 2 aromatic rings. The standard InChI is InChI=1S/C13H11F2IN2S/c14-13(15)19-12-4-2-1-3-11(12)18-10-6-5-8(17)7-9(10)16/h1-7,13,18H,17H2. The molecule has 0 aromatic heterocycles. The smallest absolute Gasteiger partial charge is 0.288 e. The van der Waals surface area contributed by atoms with Crippen LogP contribution in [0.5, 0.6) is 0 Å². The summed E-state index contributed by atoms with van der Waals surface area (Å²) >= 11 is 2.68. The number of alkyl halides is 2. The maximum atomic E-state index is 12.5. The zero-order valence-electron chi connectivity index (χ0n) is 9.74. The minimum absolute atomic E-state index is 0.519. The quantitative estimate of drug-likeness (QED) is 0.440. The van der Waals surface area contributed by atoms with E-state index < -0.39 is 5.76 Å². The molecule has 0 saturated carbocycles. The minimum Gasteiger partial charge on any atom is -0.399 e. The van der Waals surface area contributed by atoms with Gasteiger partial charge in [0.05, 0.1) is 11.4 Å². The number of halogens is 3. The fourth-order valence-electron chi connectivity index (χ4n) is 1.55. The molecule has 6 heteroatoms. The zero-order chi connectivity index (χ0) is 13.8. The fraction of sp³-hybridized carbons (Fsp3) is 0.0769. The number of thioether (sulfide) groups is 1. The van der Waals surface area contributed by atoms with E-state index in [-0.39, 0.29) is 0 Å². The Hall–Kier alpha value is -1.02. The van der Waals surface area contributed by atoms with E-state index >= 15 is 0 Å². The first-order valence-corrected chi connectivity index (χ1v) is 7.38. The Bertz CT molecular complexity index is 578. The number of para-hydroxylation sites is 1. The summed E-state index contributed by atoms with van der Waals surface area (Å²) < 4.78 is 25.9. The molecule has 0 aliphatic carbocycles. The van der Waals surface area contributed by atoms with Crippen molar-refractivity contribution in [3.63, 3.8) is 0 Å². The van der Waals surface area contributed by atoms with Crippen molar-refractivity contribution in [2.75, 3.05) is 11.1 Å². The SMILES string of the molecule is Nc1ccc(Nc2ccccc2SC(F)F)c(I)c1. The molecular weight excluding hydrogens is 381 g/mol. The van der Waals surface area contributed by atoms with Crippen molar-refractivity contribution in [3.8, 4) is 0 Å². The van der Waals surface area contributed by atoms with Crippen molar-refractivity contribution >= 4 is 51.4 Å². The van der Waals surface area contributed by atoms with Gasteiger partial charge in [0.25, 0.3) is 5.76 Å². The molecule has 0 spiro atoms. The Morgan fingerprint density at radius 1 is 1.11 bits per heavy atom. The van der Waals surface area contributed by atoms with Crippen LogP contribution in [0.3, 0.4) is 0 Å². The topological polar surface area (TPSA) is 38.0 Å². The van der Waals surface area contributed by atoms with Gasteiger partial charge in [-0.25, -0.2) is 0 Å². The second-order valence-corrected chi connectivity index (χ2v) is 5.93. The van der Waals surface area contributed by atoms with Crippen molar-refractivity contribution in [3.05, 3.63) is 46.0 Å². The molecule has 0 bridgehead atoms. The number of benzene rings is 2. The Labute approximate surface area is 127 Å². The first-order chi connectivity index (χ1) is 9.06. The number of anilines is 3. The number of hydrogen-bond acceptors (Lipinski definition) is 3. The highest BCUT2D eigenvalue weighted by atomic mass is 127. The molecule has 0 aliphatic heterocycles. The molecule has 0 saturated heterocycles. The van der Waals surface area contributed by atoms with E-state index in [4.69, 9.17) is 5.73 Å². The Balaban J connectivity index is 2.27. The molecule has 0 aliphatic rings. The van der Waals surface area contributed by atoms with Crippen molar-refractivity contribution in [1.29, 1.82) is 0 Å². The Kier molecular flexibility index (Phi) is 4.87. The average Bonchev–Trinajstić information content (AvgIpc) is 2.34. The number of nitrogens with two attached hydrogens (primary N) is 1. The van der Waals surface area contributed by atoms with E-state index in [1.165, 1.54) is 0 Å². The first-order valence-electron chi connectivity index (χ1n) is 5.42. The van der Waals surface area contributed by atoms with Crippen molar-refractivity contribution < 1.29 is 8.78 Å². The van der Waals surface area contributed by atoms with Gasteiger partial charge in [-0.05, 0) is 52.9 Å². The van der Waals surface area contributed by atoms with E-state index in [1.807, 2.05) is 18.2 Å². The lowest BCUT2D eigenvalue weighted by Crippen LogP contribution is -1.97. The molecule has 19 heavy (non-hydrogen) atoms. The van der Waals surface area contributed by atoms with Gasteiger partial charge >= 0.3 is 0 Å². The Morgan fingerprint density at radius 2 is 1.84 bits per heavy atom. The van der Waals surface area contributed by atoms with Crippen LogP contribution in [0.2, 0.25) is 0 Å². The fourth-order valence-corrected chi connectivity index (χ4v) is 2.82. The molecule has 0 radical (unpaired) electrons. The van der Waals surface area contributed by atoms with Gasteiger partial charge in [0.2, 0.25) is 0 Å². The maximum Gasteiger partial charge on any atom is 0.288 e. The summed E-state index contributed by atoms with van der Waals surface area (Å²) in [6, 6.07) is 12.4. The highest BCUT2D eigenvalue weighted by Gasteiger charge is 2.10. The summed E-state index contributed by atoms with van der Waals surface area (Å²) in [7, 11) is 0. The normalized spacial score (nSPS) is 10.7. The Morgan fingerprint density at radius 3 is 2.53 bits per heavy atom. The summed E-state index contributed by atoms with van der Waals surface area (Å²) in [5.41, 5.74) is 7.86. The molecule has 0 fully saturated rings. The van der Waals surface area contributed by atoms with E-state index in [9.17, 15) is 8.78 Å². The van der Waals surface area contributed by atoms with Gasteiger partial charge in [-0.2, -0.15) is 8.78 Å². The first kappa shape index (κ1) is 14.4. The highest BCUT2D eigenvalue weighted by molar-refractivity contribution is 14.1. The van der Waals surface area contributed by atoms with Crippen LogP contribution in [0.25, 0.3) is 0 Å². The molecule has 2 aromatic carbocycles. The van der Waals surface area contributed by atoms with E-state index in [0.29, 0.717) is 28.0 Å². The number of rotatable bonds is 4. The third-order valence-corrected chi connectivity index (χ3v) is 4.05.